The minimum absolute atomic E-state index is 0.148. The van der Waals surface area contributed by atoms with E-state index in [4.69, 9.17) is 5.21 Å². The lowest BCUT2D eigenvalue weighted by molar-refractivity contribution is 0.295. The summed E-state index contributed by atoms with van der Waals surface area (Å²) in [5.41, 5.74) is -0.148. The molecule has 0 amide bonds. The van der Waals surface area contributed by atoms with E-state index < -0.39 is 11.0 Å². The van der Waals surface area contributed by atoms with E-state index in [-0.39, 0.29) is 5.69 Å². The second-order valence-electron chi connectivity index (χ2n) is 1.87. The number of benzene rings is 1. The maximum atomic E-state index is 12.4. The molecule has 11 heavy (non-hydrogen) atoms. The quantitative estimate of drug-likeness (QED) is 0.740. The Morgan fingerprint density at radius 2 is 2.18 bits per heavy atom. The number of hydrogen-bond donors (Lipinski definition) is 1. The smallest absolute Gasteiger partial charge is 0.125 e. The SMILES string of the molecule is [O-]N(O)c1cc(F)ccc1Br. The van der Waals surface area contributed by atoms with Crippen LogP contribution in [0.4, 0.5) is 10.1 Å². The lowest BCUT2D eigenvalue weighted by Gasteiger charge is -2.22. The number of halogens is 2. The Balaban J connectivity index is 3.13. The predicted molar refractivity (Wildman–Crippen MR) is 41.7 cm³/mol. The van der Waals surface area contributed by atoms with Crippen LogP contribution in [-0.2, 0) is 0 Å². The molecule has 0 unspecified atom stereocenters. The Bertz CT molecular complexity index is 267. The molecule has 0 aliphatic heterocycles. The molecule has 0 bridgehead atoms. The van der Waals surface area contributed by atoms with Crippen LogP contribution in [0.25, 0.3) is 0 Å². The Hall–Kier alpha value is -0.650. The first kappa shape index (κ1) is 8.45. The van der Waals surface area contributed by atoms with Crippen LogP contribution in [0.15, 0.2) is 22.7 Å². The van der Waals surface area contributed by atoms with E-state index in [1.54, 1.807) is 0 Å². The van der Waals surface area contributed by atoms with Crippen molar-refractivity contribution in [2.24, 2.45) is 0 Å². The highest BCUT2D eigenvalue weighted by molar-refractivity contribution is 9.10. The van der Waals surface area contributed by atoms with Crippen molar-refractivity contribution in [1.82, 2.24) is 0 Å². The van der Waals surface area contributed by atoms with Gasteiger partial charge in [0.15, 0.2) is 0 Å². The molecule has 60 valence electrons. The Morgan fingerprint density at radius 1 is 1.55 bits per heavy atom. The summed E-state index contributed by atoms with van der Waals surface area (Å²) in [4.78, 5) is 0. The third-order valence-corrected chi connectivity index (χ3v) is 1.78. The van der Waals surface area contributed by atoms with E-state index in [2.05, 4.69) is 15.9 Å². The molecule has 0 atom stereocenters. The van der Waals surface area contributed by atoms with Crippen LogP contribution >= 0.6 is 15.9 Å². The molecule has 5 heteroatoms. The lowest BCUT2D eigenvalue weighted by Crippen LogP contribution is -2.07. The Labute approximate surface area is 70.7 Å². The van der Waals surface area contributed by atoms with Crippen LogP contribution in [0.1, 0.15) is 0 Å². The van der Waals surface area contributed by atoms with Gasteiger partial charge in [0, 0.05) is 4.47 Å². The van der Waals surface area contributed by atoms with Crippen molar-refractivity contribution in [3.05, 3.63) is 33.7 Å². The largest absolute Gasteiger partial charge is 0.733 e. The van der Waals surface area contributed by atoms with E-state index in [0.29, 0.717) is 4.47 Å². The van der Waals surface area contributed by atoms with E-state index in [9.17, 15) is 9.60 Å². The predicted octanol–water partition coefficient (Wildman–Crippen LogP) is 2.28. The zero-order valence-electron chi connectivity index (χ0n) is 5.29. The first-order valence-corrected chi connectivity index (χ1v) is 3.52. The first-order valence-electron chi connectivity index (χ1n) is 2.72. The summed E-state index contributed by atoms with van der Waals surface area (Å²) >= 11 is 2.96. The molecule has 1 rings (SSSR count). The highest BCUT2D eigenvalue weighted by Crippen LogP contribution is 2.25. The minimum atomic E-state index is -0.571. The summed E-state index contributed by atoms with van der Waals surface area (Å²) in [6, 6.07) is 3.44. The fourth-order valence-corrected chi connectivity index (χ4v) is 1.03. The fourth-order valence-electron chi connectivity index (χ4n) is 0.632. The van der Waals surface area contributed by atoms with Gasteiger partial charge in [0.05, 0.1) is 5.69 Å². The maximum absolute atomic E-state index is 12.4. The zero-order valence-corrected chi connectivity index (χ0v) is 6.88. The highest BCUT2D eigenvalue weighted by Gasteiger charge is 2.00. The van der Waals surface area contributed by atoms with Crippen LogP contribution in [0.3, 0.4) is 0 Å². The maximum Gasteiger partial charge on any atom is 0.125 e. The Kier molecular flexibility index (Phi) is 2.43. The number of hydrogen-bond acceptors (Lipinski definition) is 3. The van der Waals surface area contributed by atoms with Crippen molar-refractivity contribution in [1.29, 1.82) is 0 Å². The molecule has 1 aromatic rings. The molecule has 0 saturated heterocycles. The molecule has 0 aliphatic carbocycles. The second-order valence-corrected chi connectivity index (χ2v) is 2.72. The van der Waals surface area contributed by atoms with E-state index in [0.717, 1.165) is 6.07 Å². The molecule has 3 nitrogen and oxygen atoms in total. The van der Waals surface area contributed by atoms with Crippen molar-refractivity contribution in [3.8, 4) is 0 Å². The van der Waals surface area contributed by atoms with Gasteiger partial charge in [-0.2, -0.15) is 0 Å². The van der Waals surface area contributed by atoms with Crippen molar-refractivity contribution < 1.29 is 9.60 Å². The van der Waals surface area contributed by atoms with Crippen molar-refractivity contribution in [3.63, 3.8) is 0 Å². The highest BCUT2D eigenvalue weighted by atomic mass is 79.9. The second kappa shape index (κ2) is 3.17. The van der Waals surface area contributed by atoms with Crippen molar-refractivity contribution >= 4 is 21.6 Å². The molecule has 1 aromatic carbocycles. The average molecular weight is 221 g/mol. The van der Waals surface area contributed by atoms with Crippen molar-refractivity contribution in [2.75, 3.05) is 5.23 Å². The molecule has 0 aromatic heterocycles. The number of rotatable bonds is 1. The molecular formula is C6H4BrFNO2-. The minimum Gasteiger partial charge on any atom is -0.733 e. The van der Waals surface area contributed by atoms with Gasteiger partial charge in [0.25, 0.3) is 0 Å². The molecule has 0 fully saturated rings. The van der Waals surface area contributed by atoms with Gasteiger partial charge < -0.3 is 10.4 Å². The van der Waals surface area contributed by atoms with Crippen LogP contribution in [0.2, 0.25) is 0 Å². The summed E-state index contributed by atoms with van der Waals surface area (Å²) in [5.74, 6) is -0.571. The third kappa shape index (κ3) is 1.89. The van der Waals surface area contributed by atoms with E-state index >= 15 is 0 Å². The molecule has 0 heterocycles. The monoisotopic (exact) mass is 220 g/mol. The number of anilines is 1. The summed E-state index contributed by atoms with van der Waals surface area (Å²) in [7, 11) is 0. The normalized spacial score (nSPS) is 9.82. The summed E-state index contributed by atoms with van der Waals surface area (Å²) in [5, 5.41) is 18.3. The summed E-state index contributed by atoms with van der Waals surface area (Å²) < 4.78 is 12.8. The zero-order chi connectivity index (χ0) is 8.43. The van der Waals surface area contributed by atoms with Crippen LogP contribution in [0.5, 0.6) is 0 Å². The van der Waals surface area contributed by atoms with Gasteiger partial charge in [0.2, 0.25) is 0 Å². The number of nitrogens with zero attached hydrogens (tertiary/aromatic N) is 1. The molecule has 1 N–H and O–H groups in total. The lowest BCUT2D eigenvalue weighted by atomic mass is 10.3. The molecule has 0 spiro atoms. The van der Waals surface area contributed by atoms with Gasteiger partial charge in [-0.25, -0.2) is 4.39 Å². The summed E-state index contributed by atoms with van der Waals surface area (Å²) in [6.07, 6.45) is 0. The summed E-state index contributed by atoms with van der Waals surface area (Å²) in [6.45, 7) is 0. The topological polar surface area (TPSA) is 46.5 Å². The molecule has 0 radical (unpaired) electrons. The molecule has 0 aliphatic rings. The molecule has 0 saturated carbocycles. The third-order valence-electron chi connectivity index (χ3n) is 1.11. The van der Waals surface area contributed by atoms with Crippen LogP contribution < -0.4 is 5.23 Å². The van der Waals surface area contributed by atoms with Gasteiger partial charge in [0.1, 0.15) is 5.82 Å². The van der Waals surface area contributed by atoms with E-state index in [1.807, 2.05) is 0 Å². The standard InChI is InChI=1S/C6H4BrFNO2/c7-5-2-1-4(8)3-6(5)9(10)11/h1-3,10H/q-1. The van der Waals surface area contributed by atoms with Gasteiger partial charge in [-0.05, 0) is 34.1 Å². The van der Waals surface area contributed by atoms with Gasteiger partial charge in [-0.3, -0.25) is 5.21 Å². The fraction of sp³-hybridized carbons (Fsp3) is 0. The average Bonchev–Trinajstić information content (AvgIpc) is 1.94. The van der Waals surface area contributed by atoms with E-state index in [1.165, 1.54) is 12.1 Å². The molecular weight excluding hydrogens is 217 g/mol. The van der Waals surface area contributed by atoms with Gasteiger partial charge in [-0.1, -0.05) is 0 Å². The Morgan fingerprint density at radius 3 is 2.64 bits per heavy atom. The van der Waals surface area contributed by atoms with Gasteiger partial charge in [-0.15, -0.1) is 0 Å². The van der Waals surface area contributed by atoms with Gasteiger partial charge >= 0.3 is 0 Å². The van der Waals surface area contributed by atoms with Crippen LogP contribution in [0, 0.1) is 11.0 Å². The van der Waals surface area contributed by atoms with Crippen LogP contribution in [-0.4, -0.2) is 5.21 Å². The first-order chi connectivity index (χ1) is 5.11. The van der Waals surface area contributed by atoms with Crippen molar-refractivity contribution in [2.45, 2.75) is 0 Å².